The molecule has 0 unspecified atom stereocenters. The van der Waals surface area contributed by atoms with E-state index < -0.39 is 35.5 Å². The van der Waals surface area contributed by atoms with E-state index in [-0.39, 0.29) is 37.4 Å². The van der Waals surface area contributed by atoms with E-state index in [0.29, 0.717) is 11.3 Å². The fraction of sp³-hybridized carbons (Fsp3) is 0.400. The Morgan fingerprint density at radius 1 is 1.30 bits per heavy atom. The molecular weight excluding hydrogens is 392 g/mol. The molecule has 0 aliphatic carbocycles. The van der Waals surface area contributed by atoms with Gasteiger partial charge in [-0.25, -0.2) is 14.4 Å². The van der Waals surface area contributed by atoms with Crippen molar-refractivity contribution in [2.45, 2.75) is 31.8 Å². The predicted octanol–water partition coefficient (Wildman–Crippen LogP) is 0.735. The van der Waals surface area contributed by atoms with Crippen LogP contribution in [0.4, 0.5) is 9.59 Å². The molecule has 3 aliphatic rings. The van der Waals surface area contributed by atoms with E-state index in [9.17, 15) is 19.2 Å². The highest BCUT2D eigenvalue weighted by Crippen LogP contribution is 2.41. The summed E-state index contributed by atoms with van der Waals surface area (Å²) in [6.45, 7) is 3.46. The van der Waals surface area contributed by atoms with E-state index in [4.69, 9.17) is 9.47 Å². The van der Waals surface area contributed by atoms with Crippen LogP contribution in [0.15, 0.2) is 35.5 Å². The van der Waals surface area contributed by atoms with Crippen LogP contribution in [0.5, 0.6) is 5.75 Å². The number of amides is 5. The summed E-state index contributed by atoms with van der Waals surface area (Å²) in [7, 11) is 0. The number of urea groups is 2. The van der Waals surface area contributed by atoms with Gasteiger partial charge >= 0.3 is 18.0 Å². The van der Waals surface area contributed by atoms with Crippen LogP contribution in [-0.4, -0.2) is 54.6 Å². The fourth-order valence-electron chi connectivity index (χ4n) is 4.08. The second-order valence-electron chi connectivity index (χ2n) is 7.25. The zero-order chi connectivity index (χ0) is 21.5. The first kappa shape index (κ1) is 19.7. The third-order valence-electron chi connectivity index (χ3n) is 5.44. The molecule has 0 aromatic heterocycles. The molecule has 5 amide bonds. The number of hydrogen-bond acceptors (Lipinski definition) is 6. The number of imide groups is 1. The molecule has 1 fully saturated rings. The number of nitrogens with one attached hydrogen (secondary N) is 3. The summed E-state index contributed by atoms with van der Waals surface area (Å²) in [6, 6.07) is 5.29. The summed E-state index contributed by atoms with van der Waals surface area (Å²) < 4.78 is 10.7. The molecule has 158 valence electrons. The minimum atomic E-state index is -1.24. The molecule has 2 atom stereocenters. The summed E-state index contributed by atoms with van der Waals surface area (Å²) in [5, 5.41) is 7.93. The quantitative estimate of drug-likeness (QED) is 0.493. The SMILES string of the molecule is CCOC(=O)C1=C(CN2C(=O)N[C@@]3(CCOc4ccccc43)C2=O)NC(=O)N[C@@H]1C. The van der Waals surface area contributed by atoms with E-state index in [1.807, 2.05) is 0 Å². The maximum absolute atomic E-state index is 13.4. The third kappa shape index (κ3) is 3.04. The number of ether oxygens (including phenoxy) is 2. The lowest BCUT2D eigenvalue weighted by Crippen LogP contribution is -2.52. The van der Waals surface area contributed by atoms with Crippen molar-refractivity contribution in [3.05, 3.63) is 41.1 Å². The standard InChI is InChI=1S/C20H22N4O6/c1-3-29-16(25)15-11(2)21-18(27)22-13(15)10-24-17(26)20(23-19(24)28)8-9-30-14-7-5-4-6-12(14)20/h4-7,11H,3,8-10H2,1-2H3,(H,23,28)(H2,21,22,27)/t11-,20-/m1/s1. The largest absolute Gasteiger partial charge is 0.493 e. The molecular formula is C20H22N4O6. The van der Waals surface area contributed by atoms with Crippen LogP contribution in [0, 0.1) is 0 Å². The number of fused-ring (bicyclic) bond motifs is 2. The number of hydrogen-bond donors (Lipinski definition) is 3. The second-order valence-corrected chi connectivity index (χ2v) is 7.25. The van der Waals surface area contributed by atoms with Crippen LogP contribution in [0.1, 0.15) is 25.8 Å². The number of benzene rings is 1. The molecule has 0 bridgehead atoms. The molecule has 0 radical (unpaired) electrons. The lowest BCUT2D eigenvalue weighted by Gasteiger charge is -2.33. The second kappa shape index (κ2) is 7.36. The highest BCUT2D eigenvalue weighted by molar-refractivity contribution is 6.08. The number of carbonyl (C=O) groups excluding carboxylic acids is 4. The summed E-state index contributed by atoms with van der Waals surface area (Å²) in [5.74, 6) is -0.542. The van der Waals surface area contributed by atoms with Crippen LogP contribution >= 0.6 is 0 Å². The van der Waals surface area contributed by atoms with Gasteiger partial charge < -0.3 is 25.4 Å². The molecule has 30 heavy (non-hydrogen) atoms. The number of nitrogens with zero attached hydrogens (tertiary/aromatic N) is 1. The predicted molar refractivity (Wildman–Crippen MR) is 103 cm³/mol. The minimum Gasteiger partial charge on any atom is -0.493 e. The van der Waals surface area contributed by atoms with Gasteiger partial charge in [-0.3, -0.25) is 9.69 Å². The highest BCUT2D eigenvalue weighted by atomic mass is 16.5. The Hall–Kier alpha value is -3.56. The first-order valence-electron chi connectivity index (χ1n) is 9.71. The van der Waals surface area contributed by atoms with Gasteiger partial charge in [-0.05, 0) is 19.9 Å². The van der Waals surface area contributed by atoms with Gasteiger partial charge in [-0.15, -0.1) is 0 Å². The number of esters is 1. The van der Waals surface area contributed by atoms with Crippen LogP contribution in [0.3, 0.4) is 0 Å². The van der Waals surface area contributed by atoms with E-state index in [2.05, 4.69) is 16.0 Å². The van der Waals surface area contributed by atoms with Crippen molar-refractivity contribution in [1.82, 2.24) is 20.9 Å². The maximum Gasteiger partial charge on any atom is 0.337 e. The van der Waals surface area contributed by atoms with Crippen LogP contribution in [0.2, 0.25) is 0 Å². The van der Waals surface area contributed by atoms with Crippen molar-refractivity contribution < 1.29 is 28.7 Å². The van der Waals surface area contributed by atoms with E-state index in [1.165, 1.54) is 0 Å². The molecule has 1 aromatic carbocycles. The maximum atomic E-state index is 13.4. The Balaban J connectivity index is 1.69. The lowest BCUT2D eigenvalue weighted by molar-refractivity contribution is -0.139. The van der Waals surface area contributed by atoms with Gasteiger partial charge in [0.1, 0.15) is 5.75 Å². The van der Waals surface area contributed by atoms with Crippen molar-refractivity contribution >= 4 is 23.9 Å². The average molecular weight is 414 g/mol. The highest BCUT2D eigenvalue weighted by Gasteiger charge is 2.55. The van der Waals surface area contributed by atoms with Gasteiger partial charge in [-0.2, -0.15) is 0 Å². The van der Waals surface area contributed by atoms with Crippen LogP contribution in [0.25, 0.3) is 0 Å². The Kier molecular flexibility index (Phi) is 4.84. The molecule has 3 heterocycles. The van der Waals surface area contributed by atoms with E-state index >= 15 is 0 Å². The summed E-state index contributed by atoms with van der Waals surface area (Å²) in [4.78, 5) is 51.6. The smallest absolute Gasteiger partial charge is 0.337 e. The zero-order valence-electron chi connectivity index (χ0n) is 16.6. The van der Waals surface area contributed by atoms with E-state index in [1.54, 1.807) is 38.1 Å². The van der Waals surface area contributed by atoms with Crippen molar-refractivity contribution in [3.8, 4) is 5.75 Å². The normalized spacial score (nSPS) is 25.3. The topological polar surface area (TPSA) is 126 Å². The fourth-order valence-corrected chi connectivity index (χ4v) is 4.08. The van der Waals surface area contributed by atoms with Crippen molar-refractivity contribution in [1.29, 1.82) is 0 Å². The van der Waals surface area contributed by atoms with Crippen molar-refractivity contribution in [3.63, 3.8) is 0 Å². The summed E-state index contributed by atoms with van der Waals surface area (Å²) in [5.41, 5.74) is -0.325. The Bertz CT molecular complexity index is 974. The lowest BCUT2D eigenvalue weighted by atomic mass is 9.84. The van der Waals surface area contributed by atoms with Crippen molar-refractivity contribution in [2.75, 3.05) is 19.8 Å². The van der Waals surface area contributed by atoms with Gasteiger partial charge in [0.15, 0.2) is 5.54 Å². The minimum absolute atomic E-state index is 0.152. The molecule has 1 saturated heterocycles. The first-order chi connectivity index (χ1) is 14.4. The molecule has 3 aliphatic heterocycles. The first-order valence-corrected chi connectivity index (χ1v) is 9.71. The Labute approximate surface area is 172 Å². The van der Waals surface area contributed by atoms with Crippen LogP contribution in [-0.2, 0) is 19.9 Å². The average Bonchev–Trinajstić information content (AvgIpc) is 2.93. The van der Waals surface area contributed by atoms with Crippen LogP contribution < -0.4 is 20.7 Å². The molecule has 10 nitrogen and oxygen atoms in total. The van der Waals surface area contributed by atoms with Gasteiger partial charge in [0.2, 0.25) is 0 Å². The zero-order valence-corrected chi connectivity index (χ0v) is 16.6. The van der Waals surface area contributed by atoms with Gasteiger partial charge in [0, 0.05) is 12.0 Å². The molecule has 3 N–H and O–H groups in total. The van der Waals surface area contributed by atoms with Crippen molar-refractivity contribution in [2.24, 2.45) is 0 Å². The number of carbonyl (C=O) groups is 4. The van der Waals surface area contributed by atoms with Gasteiger partial charge in [0.05, 0.1) is 37.1 Å². The number of para-hydroxylation sites is 1. The molecule has 10 heteroatoms. The summed E-state index contributed by atoms with van der Waals surface area (Å²) >= 11 is 0. The molecule has 4 rings (SSSR count). The Morgan fingerprint density at radius 3 is 2.83 bits per heavy atom. The third-order valence-corrected chi connectivity index (χ3v) is 5.44. The Morgan fingerprint density at radius 2 is 2.07 bits per heavy atom. The van der Waals surface area contributed by atoms with Gasteiger partial charge in [-0.1, -0.05) is 18.2 Å². The van der Waals surface area contributed by atoms with E-state index in [0.717, 1.165) is 4.90 Å². The van der Waals surface area contributed by atoms with Gasteiger partial charge in [0.25, 0.3) is 5.91 Å². The molecule has 0 saturated carbocycles. The summed E-state index contributed by atoms with van der Waals surface area (Å²) in [6.07, 6.45) is 0.277. The molecule has 1 aromatic rings. The monoisotopic (exact) mass is 414 g/mol. The molecule has 1 spiro atoms. The number of rotatable bonds is 4.